The first kappa shape index (κ1) is 13.7. The second-order valence-corrected chi connectivity index (χ2v) is 4.35. The SMILES string of the molecule is Cc1cc(Oc2c(C=O)c(C)nn2C)ccc1[N+](=O)[O-]. The number of hydrogen-bond acceptors (Lipinski definition) is 5. The molecule has 1 aromatic heterocycles. The van der Waals surface area contributed by atoms with E-state index in [0.29, 0.717) is 34.7 Å². The van der Waals surface area contributed by atoms with Crippen molar-refractivity contribution in [2.24, 2.45) is 7.05 Å². The van der Waals surface area contributed by atoms with Gasteiger partial charge in [-0.2, -0.15) is 5.10 Å². The molecule has 0 spiro atoms. The first-order valence-electron chi connectivity index (χ1n) is 5.85. The van der Waals surface area contributed by atoms with Gasteiger partial charge in [0.1, 0.15) is 5.75 Å². The van der Waals surface area contributed by atoms with Crippen molar-refractivity contribution in [2.75, 3.05) is 0 Å². The summed E-state index contributed by atoms with van der Waals surface area (Å²) in [6.07, 6.45) is 0.677. The molecule has 1 aromatic carbocycles. The van der Waals surface area contributed by atoms with Gasteiger partial charge in [0.25, 0.3) is 5.69 Å². The van der Waals surface area contributed by atoms with Crippen molar-refractivity contribution >= 4 is 12.0 Å². The fraction of sp³-hybridized carbons (Fsp3) is 0.231. The zero-order valence-corrected chi connectivity index (χ0v) is 11.3. The highest BCUT2D eigenvalue weighted by Gasteiger charge is 2.16. The highest BCUT2D eigenvalue weighted by Crippen LogP contribution is 2.29. The summed E-state index contributed by atoms with van der Waals surface area (Å²) in [6.45, 7) is 3.33. The molecule has 0 saturated heterocycles. The smallest absolute Gasteiger partial charge is 0.272 e. The molecule has 0 N–H and O–H groups in total. The van der Waals surface area contributed by atoms with Crippen molar-refractivity contribution in [1.29, 1.82) is 0 Å². The van der Waals surface area contributed by atoms with Crippen molar-refractivity contribution in [3.05, 3.63) is 45.1 Å². The Hall–Kier alpha value is -2.70. The number of benzene rings is 1. The van der Waals surface area contributed by atoms with Crippen molar-refractivity contribution in [3.63, 3.8) is 0 Å². The lowest BCUT2D eigenvalue weighted by Crippen LogP contribution is -1.98. The molecule has 1 heterocycles. The standard InChI is InChI=1S/C13H13N3O4/c1-8-6-10(4-5-12(8)16(18)19)20-13-11(7-17)9(2)14-15(13)3/h4-7H,1-3H3. The Kier molecular flexibility index (Phi) is 3.51. The summed E-state index contributed by atoms with van der Waals surface area (Å²) >= 11 is 0. The predicted molar refractivity (Wildman–Crippen MR) is 71.2 cm³/mol. The van der Waals surface area contributed by atoms with Crippen LogP contribution in [-0.2, 0) is 7.05 Å². The van der Waals surface area contributed by atoms with Gasteiger partial charge >= 0.3 is 0 Å². The lowest BCUT2D eigenvalue weighted by Gasteiger charge is -2.07. The number of carbonyl (C=O) groups is 1. The first-order valence-corrected chi connectivity index (χ1v) is 5.85. The van der Waals surface area contributed by atoms with E-state index >= 15 is 0 Å². The van der Waals surface area contributed by atoms with E-state index in [-0.39, 0.29) is 5.69 Å². The Morgan fingerprint density at radius 2 is 2.10 bits per heavy atom. The minimum atomic E-state index is -0.454. The number of aryl methyl sites for hydroxylation is 3. The molecule has 0 atom stereocenters. The van der Waals surface area contributed by atoms with Crippen LogP contribution in [0.25, 0.3) is 0 Å². The molecule has 2 rings (SSSR count). The van der Waals surface area contributed by atoms with E-state index in [1.807, 2.05) is 0 Å². The van der Waals surface area contributed by atoms with Crippen molar-refractivity contribution < 1.29 is 14.5 Å². The van der Waals surface area contributed by atoms with E-state index < -0.39 is 4.92 Å². The van der Waals surface area contributed by atoms with Gasteiger partial charge < -0.3 is 4.74 Å². The predicted octanol–water partition coefficient (Wildman–Crippen LogP) is 2.55. The monoisotopic (exact) mass is 275 g/mol. The maximum Gasteiger partial charge on any atom is 0.272 e. The summed E-state index contributed by atoms with van der Waals surface area (Å²) in [4.78, 5) is 21.3. The zero-order chi connectivity index (χ0) is 14.9. The molecule has 0 aliphatic heterocycles. The molecule has 0 saturated carbocycles. The summed E-state index contributed by atoms with van der Waals surface area (Å²) < 4.78 is 7.07. The number of aromatic nitrogens is 2. The molecule has 0 aliphatic rings. The molecule has 7 heteroatoms. The largest absolute Gasteiger partial charge is 0.439 e. The summed E-state index contributed by atoms with van der Waals surface area (Å²) in [6, 6.07) is 4.41. The van der Waals surface area contributed by atoms with E-state index in [2.05, 4.69) is 5.10 Å². The van der Waals surface area contributed by atoms with Crippen LogP contribution in [0.1, 0.15) is 21.6 Å². The third kappa shape index (κ3) is 2.37. The molecular weight excluding hydrogens is 262 g/mol. The number of nitro groups is 1. The minimum Gasteiger partial charge on any atom is -0.439 e. The van der Waals surface area contributed by atoms with Crippen LogP contribution in [0, 0.1) is 24.0 Å². The van der Waals surface area contributed by atoms with E-state index in [0.717, 1.165) is 0 Å². The molecule has 0 bridgehead atoms. The van der Waals surface area contributed by atoms with Crippen molar-refractivity contribution in [3.8, 4) is 11.6 Å². The molecule has 2 aromatic rings. The fourth-order valence-corrected chi connectivity index (χ4v) is 1.92. The topological polar surface area (TPSA) is 87.3 Å². The van der Waals surface area contributed by atoms with Crippen LogP contribution in [-0.4, -0.2) is 21.0 Å². The van der Waals surface area contributed by atoms with Crippen LogP contribution in [0.2, 0.25) is 0 Å². The normalized spacial score (nSPS) is 10.3. The fourth-order valence-electron chi connectivity index (χ4n) is 1.92. The maximum absolute atomic E-state index is 11.0. The number of nitro benzene ring substituents is 1. The molecule has 7 nitrogen and oxygen atoms in total. The van der Waals surface area contributed by atoms with E-state index in [1.54, 1.807) is 27.0 Å². The Morgan fingerprint density at radius 3 is 2.65 bits per heavy atom. The highest BCUT2D eigenvalue weighted by atomic mass is 16.6. The molecule has 0 unspecified atom stereocenters. The number of nitrogens with zero attached hydrogens (tertiary/aromatic N) is 3. The Morgan fingerprint density at radius 1 is 1.40 bits per heavy atom. The van der Waals surface area contributed by atoms with Crippen LogP contribution in [0.4, 0.5) is 5.69 Å². The third-order valence-corrected chi connectivity index (χ3v) is 2.91. The van der Waals surface area contributed by atoms with Gasteiger partial charge in [-0.3, -0.25) is 14.9 Å². The molecule has 0 amide bonds. The highest BCUT2D eigenvalue weighted by molar-refractivity contribution is 5.80. The van der Waals surface area contributed by atoms with Gasteiger partial charge in [0.15, 0.2) is 6.29 Å². The average molecular weight is 275 g/mol. The van der Waals surface area contributed by atoms with Gasteiger partial charge in [0.2, 0.25) is 5.88 Å². The van der Waals surface area contributed by atoms with Gasteiger partial charge in [-0.1, -0.05) is 0 Å². The number of hydrogen-bond donors (Lipinski definition) is 0. The second kappa shape index (κ2) is 5.12. The van der Waals surface area contributed by atoms with Crippen molar-refractivity contribution in [1.82, 2.24) is 9.78 Å². The summed E-state index contributed by atoms with van der Waals surface area (Å²) in [5.41, 5.74) is 1.44. The Labute approximate surface area is 114 Å². The van der Waals surface area contributed by atoms with E-state index in [9.17, 15) is 14.9 Å². The van der Waals surface area contributed by atoms with Gasteiger partial charge in [-0.25, -0.2) is 4.68 Å². The Bertz CT molecular complexity index is 691. The average Bonchev–Trinajstić information content (AvgIpc) is 2.63. The number of aldehydes is 1. The lowest BCUT2D eigenvalue weighted by molar-refractivity contribution is -0.385. The van der Waals surface area contributed by atoms with Crippen LogP contribution >= 0.6 is 0 Å². The second-order valence-electron chi connectivity index (χ2n) is 4.35. The quantitative estimate of drug-likeness (QED) is 0.486. The molecule has 20 heavy (non-hydrogen) atoms. The third-order valence-electron chi connectivity index (χ3n) is 2.91. The number of ether oxygens (including phenoxy) is 1. The number of rotatable bonds is 4. The number of carbonyl (C=O) groups excluding carboxylic acids is 1. The van der Waals surface area contributed by atoms with Crippen molar-refractivity contribution in [2.45, 2.75) is 13.8 Å². The molecule has 0 aliphatic carbocycles. The van der Waals surface area contributed by atoms with E-state index in [4.69, 9.17) is 4.74 Å². The van der Waals surface area contributed by atoms with Gasteiger partial charge in [-0.15, -0.1) is 0 Å². The molecule has 104 valence electrons. The molecule has 0 fully saturated rings. The van der Waals surface area contributed by atoms with Crippen LogP contribution in [0.15, 0.2) is 18.2 Å². The van der Waals surface area contributed by atoms with Crippen LogP contribution < -0.4 is 4.74 Å². The minimum absolute atomic E-state index is 0.0224. The summed E-state index contributed by atoms with van der Waals surface area (Å²) in [7, 11) is 1.66. The van der Waals surface area contributed by atoms with E-state index in [1.165, 1.54) is 16.8 Å². The zero-order valence-electron chi connectivity index (χ0n) is 11.3. The Balaban J connectivity index is 2.38. The van der Waals surface area contributed by atoms with Gasteiger partial charge in [0, 0.05) is 18.7 Å². The van der Waals surface area contributed by atoms with Gasteiger partial charge in [0.05, 0.1) is 16.2 Å². The first-order chi connectivity index (χ1) is 9.43. The van der Waals surface area contributed by atoms with Crippen LogP contribution in [0.3, 0.4) is 0 Å². The molecular formula is C13H13N3O4. The lowest BCUT2D eigenvalue weighted by atomic mass is 10.2. The van der Waals surface area contributed by atoms with Gasteiger partial charge in [-0.05, 0) is 26.0 Å². The summed E-state index contributed by atoms with van der Waals surface area (Å²) in [5, 5.41) is 14.9. The molecule has 0 radical (unpaired) electrons. The van der Waals surface area contributed by atoms with Crippen LogP contribution in [0.5, 0.6) is 11.6 Å². The maximum atomic E-state index is 11.0. The summed E-state index contributed by atoms with van der Waals surface area (Å²) in [5.74, 6) is 0.727.